The van der Waals surface area contributed by atoms with E-state index in [1.807, 2.05) is 6.92 Å². The quantitative estimate of drug-likeness (QED) is 0.535. The van der Waals surface area contributed by atoms with Crippen LogP contribution in [0.1, 0.15) is 34.1 Å². The van der Waals surface area contributed by atoms with E-state index in [2.05, 4.69) is 10.6 Å². The molecule has 2 aromatic rings. The largest absolute Gasteiger partial charge is 0.490 e. The fraction of sp³-hybridized carbons (Fsp3) is 0.364. The number of hydrogen-bond donors (Lipinski definition) is 2. The number of anilines is 1. The summed E-state index contributed by atoms with van der Waals surface area (Å²) >= 11 is 0. The predicted molar refractivity (Wildman–Crippen MR) is 112 cm³/mol. The third-order valence-electron chi connectivity index (χ3n) is 4.01. The van der Waals surface area contributed by atoms with Crippen LogP contribution in [-0.4, -0.2) is 51.9 Å². The molecule has 0 saturated carbocycles. The fourth-order valence-electron chi connectivity index (χ4n) is 2.59. The molecule has 156 valence electrons. The normalized spacial score (nSPS) is 10.4. The van der Waals surface area contributed by atoms with Crippen molar-refractivity contribution in [2.45, 2.75) is 13.3 Å². The molecule has 2 amide bonds. The number of rotatable bonds is 12. The molecule has 0 radical (unpaired) electrons. The Labute approximate surface area is 171 Å². The van der Waals surface area contributed by atoms with E-state index in [1.165, 1.54) is 0 Å². The SMILES string of the molecule is CCOCCOc1ccccc1C(=O)Nc1cccc(C(=O)NCCCOC)c1. The lowest BCUT2D eigenvalue weighted by Gasteiger charge is -2.12. The molecule has 0 aromatic heterocycles. The lowest BCUT2D eigenvalue weighted by atomic mass is 10.1. The molecule has 0 bridgehead atoms. The summed E-state index contributed by atoms with van der Waals surface area (Å²) in [4.78, 5) is 25.0. The van der Waals surface area contributed by atoms with Crippen molar-refractivity contribution in [1.82, 2.24) is 5.32 Å². The van der Waals surface area contributed by atoms with Gasteiger partial charge in [0.2, 0.25) is 0 Å². The van der Waals surface area contributed by atoms with E-state index >= 15 is 0 Å². The highest BCUT2D eigenvalue weighted by molar-refractivity contribution is 6.06. The Bertz CT molecular complexity index is 794. The second-order valence-electron chi connectivity index (χ2n) is 6.18. The van der Waals surface area contributed by atoms with Crippen LogP contribution in [0.5, 0.6) is 5.75 Å². The molecular weight excluding hydrogens is 372 g/mol. The smallest absolute Gasteiger partial charge is 0.259 e. The van der Waals surface area contributed by atoms with Crippen LogP contribution in [0.15, 0.2) is 48.5 Å². The molecule has 0 aliphatic rings. The van der Waals surface area contributed by atoms with Gasteiger partial charge in [-0.3, -0.25) is 9.59 Å². The van der Waals surface area contributed by atoms with Crippen LogP contribution < -0.4 is 15.4 Å². The molecule has 0 atom stereocenters. The van der Waals surface area contributed by atoms with Crippen LogP contribution in [0.25, 0.3) is 0 Å². The zero-order chi connectivity index (χ0) is 20.9. The molecule has 7 nitrogen and oxygen atoms in total. The van der Waals surface area contributed by atoms with E-state index in [9.17, 15) is 9.59 Å². The van der Waals surface area contributed by atoms with Crippen LogP contribution in [0, 0.1) is 0 Å². The molecule has 0 saturated heterocycles. The summed E-state index contributed by atoms with van der Waals surface area (Å²) in [7, 11) is 1.62. The number of ether oxygens (including phenoxy) is 3. The first-order chi connectivity index (χ1) is 14.2. The molecule has 2 aromatic carbocycles. The summed E-state index contributed by atoms with van der Waals surface area (Å²) in [6.45, 7) is 4.44. The summed E-state index contributed by atoms with van der Waals surface area (Å²) in [5.74, 6) is -0.0248. The summed E-state index contributed by atoms with van der Waals surface area (Å²) in [6.07, 6.45) is 0.735. The first-order valence-electron chi connectivity index (χ1n) is 9.63. The molecule has 0 fully saturated rings. The number of benzene rings is 2. The summed E-state index contributed by atoms with van der Waals surface area (Å²) in [5.41, 5.74) is 1.42. The fourth-order valence-corrected chi connectivity index (χ4v) is 2.59. The van der Waals surface area contributed by atoms with Gasteiger partial charge in [-0.15, -0.1) is 0 Å². The minimum absolute atomic E-state index is 0.197. The molecule has 0 aliphatic heterocycles. The molecule has 29 heavy (non-hydrogen) atoms. The van der Waals surface area contributed by atoms with E-state index in [0.29, 0.717) is 55.5 Å². The van der Waals surface area contributed by atoms with E-state index in [0.717, 1.165) is 6.42 Å². The van der Waals surface area contributed by atoms with Crippen molar-refractivity contribution in [3.8, 4) is 5.75 Å². The average Bonchev–Trinajstić information content (AvgIpc) is 2.74. The van der Waals surface area contributed by atoms with Crippen LogP contribution in [0.2, 0.25) is 0 Å². The van der Waals surface area contributed by atoms with E-state index in [4.69, 9.17) is 14.2 Å². The minimum atomic E-state index is -0.310. The van der Waals surface area contributed by atoms with Gasteiger partial charge in [-0.25, -0.2) is 0 Å². The number of methoxy groups -OCH3 is 1. The number of hydrogen-bond acceptors (Lipinski definition) is 5. The highest BCUT2D eigenvalue weighted by Crippen LogP contribution is 2.20. The zero-order valence-electron chi connectivity index (χ0n) is 16.9. The van der Waals surface area contributed by atoms with Gasteiger partial charge in [0.05, 0.1) is 12.2 Å². The lowest BCUT2D eigenvalue weighted by Crippen LogP contribution is -2.25. The first kappa shape index (κ1) is 22.4. The Balaban J connectivity index is 1.99. The Morgan fingerprint density at radius 2 is 1.79 bits per heavy atom. The average molecular weight is 400 g/mol. The van der Waals surface area contributed by atoms with Crippen LogP contribution >= 0.6 is 0 Å². The molecule has 0 spiro atoms. The monoisotopic (exact) mass is 400 g/mol. The van der Waals surface area contributed by atoms with Crippen molar-refractivity contribution in [3.63, 3.8) is 0 Å². The molecule has 7 heteroatoms. The Kier molecular flexibility index (Phi) is 9.68. The second-order valence-corrected chi connectivity index (χ2v) is 6.18. The maximum atomic E-state index is 12.7. The van der Waals surface area contributed by atoms with Crippen LogP contribution in [0.3, 0.4) is 0 Å². The number of para-hydroxylation sites is 1. The van der Waals surface area contributed by atoms with Crippen molar-refractivity contribution in [3.05, 3.63) is 59.7 Å². The first-order valence-corrected chi connectivity index (χ1v) is 9.63. The molecule has 0 unspecified atom stereocenters. The minimum Gasteiger partial charge on any atom is -0.490 e. The molecular formula is C22H28N2O5. The van der Waals surface area contributed by atoms with Gasteiger partial charge in [-0.2, -0.15) is 0 Å². The van der Waals surface area contributed by atoms with Gasteiger partial charge in [0.15, 0.2) is 0 Å². The van der Waals surface area contributed by atoms with Crippen molar-refractivity contribution < 1.29 is 23.8 Å². The summed E-state index contributed by atoms with van der Waals surface area (Å²) in [6, 6.07) is 13.8. The number of amides is 2. The van der Waals surface area contributed by atoms with Crippen molar-refractivity contribution in [2.75, 3.05) is 45.4 Å². The molecule has 2 N–H and O–H groups in total. The van der Waals surface area contributed by atoms with Crippen molar-refractivity contribution in [2.24, 2.45) is 0 Å². The molecule has 0 heterocycles. The Morgan fingerprint density at radius 3 is 2.59 bits per heavy atom. The van der Waals surface area contributed by atoms with Gasteiger partial charge in [0.25, 0.3) is 11.8 Å². The predicted octanol–water partition coefficient (Wildman–Crippen LogP) is 3.12. The van der Waals surface area contributed by atoms with Gasteiger partial charge >= 0.3 is 0 Å². The van der Waals surface area contributed by atoms with Gasteiger partial charge in [-0.1, -0.05) is 18.2 Å². The summed E-state index contributed by atoms with van der Waals surface area (Å²) < 4.78 is 15.9. The van der Waals surface area contributed by atoms with E-state index in [-0.39, 0.29) is 11.8 Å². The number of carbonyl (C=O) groups excluding carboxylic acids is 2. The van der Waals surface area contributed by atoms with Gasteiger partial charge in [-0.05, 0) is 43.7 Å². The lowest BCUT2D eigenvalue weighted by molar-refractivity contribution is 0.0947. The van der Waals surface area contributed by atoms with Crippen molar-refractivity contribution >= 4 is 17.5 Å². The van der Waals surface area contributed by atoms with Crippen molar-refractivity contribution in [1.29, 1.82) is 0 Å². The summed E-state index contributed by atoms with van der Waals surface area (Å²) in [5, 5.41) is 5.65. The van der Waals surface area contributed by atoms with Crippen LogP contribution in [-0.2, 0) is 9.47 Å². The van der Waals surface area contributed by atoms with Gasteiger partial charge in [0.1, 0.15) is 12.4 Å². The van der Waals surface area contributed by atoms with Gasteiger partial charge in [0, 0.05) is 38.1 Å². The topological polar surface area (TPSA) is 85.9 Å². The second kappa shape index (κ2) is 12.5. The van der Waals surface area contributed by atoms with E-state index < -0.39 is 0 Å². The highest BCUT2D eigenvalue weighted by atomic mass is 16.5. The number of nitrogens with one attached hydrogen (secondary N) is 2. The van der Waals surface area contributed by atoms with Gasteiger partial charge < -0.3 is 24.8 Å². The zero-order valence-corrected chi connectivity index (χ0v) is 16.9. The maximum absolute atomic E-state index is 12.7. The molecule has 2 rings (SSSR count). The molecule has 0 aliphatic carbocycles. The Hall–Kier alpha value is -2.90. The van der Waals surface area contributed by atoms with Crippen LogP contribution in [0.4, 0.5) is 5.69 Å². The Morgan fingerprint density at radius 1 is 0.966 bits per heavy atom. The third-order valence-corrected chi connectivity index (χ3v) is 4.01. The standard InChI is InChI=1S/C22H28N2O5/c1-3-28-14-15-29-20-11-5-4-10-19(20)22(26)24-18-9-6-8-17(16-18)21(25)23-12-7-13-27-2/h4-6,8-11,16H,3,7,12-15H2,1-2H3,(H,23,25)(H,24,26). The van der Waals surface area contributed by atoms with E-state index in [1.54, 1.807) is 55.6 Å². The third kappa shape index (κ3) is 7.56. The number of carbonyl (C=O) groups is 2. The highest BCUT2D eigenvalue weighted by Gasteiger charge is 2.13. The maximum Gasteiger partial charge on any atom is 0.259 e.